The number of thiophene rings is 1. The number of aromatic nitrogens is 1. The number of ether oxygens (including phenoxy) is 1. The molecule has 0 spiro atoms. The highest BCUT2D eigenvalue weighted by atomic mass is 32.1. The van der Waals surface area contributed by atoms with Crippen LogP contribution in [-0.4, -0.2) is 42.0 Å². The molecule has 1 saturated carbocycles. The van der Waals surface area contributed by atoms with Gasteiger partial charge in [0, 0.05) is 18.3 Å². The predicted molar refractivity (Wildman–Crippen MR) is 137 cm³/mol. The van der Waals surface area contributed by atoms with Gasteiger partial charge in [-0.1, -0.05) is 17.7 Å². The van der Waals surface area contributed by atoms with Gasteiger partial charge in [0.05, 0.1) is 23.2 Å². The summed E-state index contributed by atoms with van der Waals surface area (Å²) in [5.41, 5.74) is 4.80. The first-order valence-corrected chi connectivity index (χ1v) is 13.2. The van der Waals surface area contributed by atoms with Gasteiger partial charge in [-0.3, -0.25) is 14.4 Å². The highest BCUT2D eigenvalue weighted by Gasteiger charge is 2.29. The standard InChI is InChI=1S/C27H31N3O4S/c1-17-5-10-21-19(14-17)4-3-12-29(21)25(31)16-30-22-11-13-35-24(22)15-23(30)26(32)28-20-8-6-18(7-9-20)27(33)34-2/h5,10-11,13-15,18,20H,3-4,6-9,12,16H2,1-2H3,(H,28,32). The molecule has 1 N–H and O–H groups in total. The molecular weight excluding hydrogens is 462 g/mol. The number of methoxy groups -OCH3 is 1. The number of anilines is 1. The van der Waals surface area contributed by atoms with Gasteiger partial charge < -0.3 is 19.5 Å². The van der Waals surface area contributed by atoms with Gasteiger partial charge in [0.15, 0.2) is 0 Å². The van der Waals surface area contributed by atoms with Crippen LogP contribution in [-0.2, 0) is 27.3 Å². The van der Waals surface area contributed by atoms with Gasteiger partial charge >= 0.3 is 5.97 Å². The highest BCUT2D eigenvalue weighted by molar-refractivity contribution is 7.17. The quantitative estimate of drug-likeness (QED) is 0.533. The highest BCUT2D eigenvalue weighted by Crippen LogP contribution is 2.31. The monoisotopic (exact) mass is 493 g/mol. The molecule has 3 aromatic rings. The van der Waals surface area contributed by atoms with E-state index >= 15 is 0 Å². The lowest BCUT2D eigenvalue weighted by Gasteiger charge is -2.30. The number of carbonyl (C=O) groups excluding carboxylic acids is 3. The molecule has 184 valence electrons. The number of carbonyl (C=O) groups is 3. The van der Waals surface area contributed by atoms with Crippen LogP contribution in [0.5, 0.6) is 0 Å². The minimum atomic E-state index is -0.170. The van der Waals surface area contributed by atoms with E-state index in [1.807, 2.05) is 39.1 Å². The van der Waals surface area contributed by atoms with Crippen LogP contribution in [0, 0.1) is 12.8 Å². The molecule has 1 fully saturated rings. The van der Waals surface area contributed by atoms with Crippen molar-refractivity contribution >= 4 is 45.0 Å². The number of hydrogen-bond donors (Lipinski definition) is 1. The Bertz CT molecular complexity index is 1270. The Morgan fingerprint density at radius 3 is 2.69 bits per heavy atom. The topological polar surface area (TPSA) is 80.6 Å². The number of amides is 2. The SMILES string of the molecule is COC(=O)C1CCC(NC(=O)c2cc3sccc3n2CC(=O)N2CCCc3cc(C)ccc32)CC1. The summed E-state index contributed by atoms with van der Waals surface area (Å²) in [5, 5.41) is 5.13. The molecule has 7 nitrogen and oxygen atoms in total. The van der Waals surface area contributed by atoms with Gasteiger partial charge in [0.25, 0.3) is 5.91 Å². The normalized spacial score (nSPS) is 19.9. The summed E-state index contributed by atoms with van der Waals surface area (Å²) in [5.74, 6) is -0.434. The summed E-state index contributed by atoms with van der Waals surface area (Å²) < 4.78 is 7.71. The van der Waals surface area contributed by atoms with E-state index in [1.54, 1.807) is 11.3 Å². The average Bonchev–Trinajstić information content (AvgIpc) is 3.46. The second-order valence-corrected chi connectivity index (χ2v) is 10.6. The van der Waals surface area contributed by atoms with E-state index < -0.39 is 0 Å². The van der Waals surface area contributed by atoms with Crippen LogP contribution < -0.4 is 10.2 Å². The second-order valence-electron chi connectivity index (χ2n) is 9.61. The Balaban J connectivity index is 1.33. The zero-order valence-electron chi connectivity index (χ0n) is 20.2. The molecule has 0 unspecified atom stereocenters. The van der Waals surface area contributed by atoms with E-state index in [0.717, 1.165) is 41.6 Å². The van der Waals surface area contributed by atoms with Crippen LogP contribution in [0.3, 0.4) is 0 Å². The van der Waals surface area contributed by atoms with E-state index in [1.165, 1.54) is 18.2 Å². The van der Waals surface area contributed by atoms with Crippen molar-refractivity contribution in [2.24, 2.45) is 5.92 Å². The molecule has 2 amide bonds. The number of nitrogens with zero attached hydrogens (tertiary/aromatic N) is 2. The van der Waals surface area contributed by atoms with Crippen molar-refractivity contribution in [3.63, 3.8) is 0 Å². The van der Waals surface area contributed by atoms with Crippen LogP contribution in [0.25, 0.3) is 10.2 Å². The van der Waals surface area contributed by atoms with Crippen LogP contribution in [0.2, 0.25) is 0 Å². The number of aryl methyl sites for hydroxylation is 2. The van der Waals surface area contributed by atoms with Gasteiger partial charge in [0.1, 0.15) is 12.2 Å². The Morgan fingerprint density at radius 2 is 1.91 bits per heavy atom. The fourth-order valence-corrected chi connectivity index (χ4v) is 6.26. The minimum Gasteiger partial charge on any atom is -0.469 e. The van der Waals surface area contributed by atoms with Gasteiger partial charge in [-0.05, 0) is 74.6 Å². The summed E-state index contributed by atoms with van der Waals surface area (Å²) in [7, 11) is 1.42. The summed E-state index contributed by atoms with van der Waals surface area (Å²) in [6.07, 6.45) is 4.81. The van der Waals surface area contributed by atoms with E-state index in [-0.39, 0.29) is 36.3 Å². The largest absolute Gasteiger partial charge is 0.469 e. The van der Waals surface area contributed by atoms with Gasteiger partial charge in [0.2, 0.25) is 5.91 Å². The average molecular weight is 494 g/mol. The molecule has 2 aliphatic rings. The Labute approximate surface area is 209 Å². The van der Waals surface area contributed by atoms with Crippen molar-refractivity contribution in [3.8, 4) is 0 Å². The summed E-state index contributed by atoms with van der Waals surface area (Å²) >= 11 is 1.57. The zero-order chi connectivity index (χ0) is 24.5. The number of esters is 1. The third kappa shape index (κ3) is 4.72. The Morgan fingerprint density at radius 1 is 1.11 bits per heavy atom. The van der Waals surface area contributed by atoms with Gasteiger partial charge in [-0.15, -0.1) is 11.3 Å². The molecule has 0 atom stereocenters. The summed E-state index contributed by atoms with van der Waals surface area (Å²) in [4.78, 5) is 40.5. The number of benzene rings is 1. The van der Waals surface area contributed by atoms with Crippen molar-refractivity contribution in [1.29, 1.82) is 0 Å². The number of hydrogen-bond acceptors (Lipinski definition) is 5. The van der Waals surface area contributed by atoms with Crippen molar-refractivity contribution in [1.82, 2.24) is 9.88 Å². The zero-order valence-corrected chi connectivity index (χ0v) is 21.0. The predicted octanol–water partition coefficient (Wildman–Crippen LogP) is 4.45. The molecule has 1 aromatic carbocycles. The molecule has 8 heteroatoms. The molecule has 1 aliphatic carbocycles. The summed E-state index contributed by atoms with van der Waals surface area (Å²) in [6.45, 7) is 2.88. The first kappa shape index (κ1) is 23.6. The first-order valence-electron chi connectivity index (χ1n) is 12.3. The van der Waals surface area contributed by atoms with Crippen LogP contribution >= 0.6 is 11.3 Å². The van der Waals surface area contributed by atoms with Gasteiger partial charge in [-0.2, -0.15) is 0 Å². The molecule has 0 saturated heterocycles. The fraction of sp³-hybridized carbons (Fsp3) is 0.444. The Hall–Kier alpha value is -3.13. The van der Waals surface area contributed by atoms with Crippen LogP contribution in [0.1, 0.15) is 53.7 Å². The molecule has 1 aliphatic heterocycles. The lowest BCUT2D eigenvalue weighted by atomic mass is 9.86. The van der Waals surface area contributed by atoms with Crippen LogP contribution in [0.15, 0.2) is 35.7 Å². The van der Waals surface area contributed by atoms with E-state index in [9.17, 15) is 14.4 Å². The van der Waals surface area contributed by atoms with Crippen molar-refractivity contribution in [2.45, 2.75) is 58.0 Å². The van der Waals surface area contributed by atoms with E-state index in [2.05, 4.69) is 18.3 Å². The molecular formula is C27H31N3O4S. The third-order valence-electron chi connectivity index (χ3n) is 7.30. The van der Waals surface area contributed by atoms with Crippen LogP contribution in [0.4, 0.5) is 5.69 Å². The first-order chi connectivity index (χ1) is 16.9. The van der Waals surface area contributed by atoms with E-state index in [4.69, 9.17) is 4.74 Å². The smallest absolute Gasteiger partial charge is 0.308 e. The molecule has 0 bridgehead atoms. The molecule has 2 aromatic heterocycles. The molecule has 3 heterocycles. The van der Waals surface area contributed by atoms with Crippen molar-refractivity contribution in [2.75, 3.05) is 18.6 Å². The second kappa shape index (κ2) is 9.85. The number of fused-ring (bicyclic) bond motifs is 2. The molecule has 0 radical (unpaired) electrons. The van der Waals surface area contributed by atoms with E-state index in [0.29, 0.717) is 25.1 Å². The molecule has 5 rings (SSSR count). The maximum atomic E-state index is 13.5. The maximum absolute atomic E-state index is 13.5. The summed E-state index contributed by atoms with van der Waals surface area (Å²) in [6, 6.07) is 10.1. The third-order valence-corrected chi connectivity index (χ3v) is 8.15. The maximum Gasteiger partial charge on any atom is 0.308 e. The molecule has 35 heavy (non-hydrogen) atoms. The lowest BCUT2D eigenvalue weighted by Crippen LogP contribution is -2.41. The number of rotatable bonds is 5. The number of nitrogens with one attached hydrogen (secondary N) is 1. The minimum absolute atomic E-state index is 0.00820. The van der Waals surface area contributed by atoms with Crippen molar-refractivity contribution < 1.29 is 19.1 Å². The van der Waals surface area contributed by atoms with Gasteiger partial charge in [-0.25, -0.2) is 0 Å². The fourth-order valence-electron chi connectivity index (χ4n) is 5.44. The Kier molecular flexibility index (Phi) is 6.65. The van der Waals surface area contributed by atoms with Crippen molar-refractivity contribution in [3.05, 3.63) is 52.5 Å². The lowest BCUT2D eigenvalue weighted by molar-refractivity contribution is -0.146.